The highest BCUT2D eigenvalue weighted by atomic mass is 35.5. The van der Waals surface area contributed by atoms with Gasteiger partial charge in [-0.1, -0.05) is 41.4 Å². The zero-order valence-electron chi connectivity index (χ0n) is 18.8. The molecule has 0 aliphatic carbocycles. The van der Waals surface area contributed by atoms with Gasteiger partial charge in [0, 0.05) is 21.7 Å². The summed E-state index contributed by atoms with van der Waals surface area (Å²) in [6.07, 6.45) is 0.362. The summed E-state index contributed by atoms with van der Waals surface area (Å²) in [6.45, 7) is 1.96. The first kappa shape index (κ1) is 22.9. The predicted octanol–water partition coefficient (Wildman–Crippen LogP) is 4.90. The minimum absolute atomic E-state index is 0.00937. The van der Waals surface area contributed by atoms with Gasteiger partial charge in [-0.25, -0.2) is 10.9 Å². The second-order valence-corrected chi connectivity index (χ2v) is 8.88. The number of anilines is 2. The van der Waals surface area contributed by atoms with Crippen LogP contribution in [0.2, 0.25) is 5.02 Å². The van der Waals surface area contributed by atoms with Crippen molar-refractivity contribution < 1.29 is 19.1 Å². The van der Waals surface area contributed by atoms with Gasteiger partial charge in [-0.2, -0.15) is 0 Å². The van der Waals surface area contributed by atoms with Gasteiger partial charge in [0.05, 0.1) is 6.04 Å². The van der Waals surface area contributed by atoms with Gasteiger partial charge >= 0.3 is 0 Å². The summed E-state index contributed by atoms with van der Waals surface area (Å²) >= 11 is 6.07. The molecular formula is C26H23ClN4O4. The molecule has 8 nitrogen and oxygen atoms in total. The predicted molar refractivity (Wildman–Crippen MR) is 135 cm³/mol. The third kappa shape index (κ3) is 4.72. The Morgan fingerprint density at radius 3 is 2.60 bits per heavy atom. The van der Waals surface area contributed by atoms with E-state index in [0.717, 1.165) is 5.56 Å². The van der Waals surface area contributed by atoms with Gasteiger partial charge in [0.2, 0.25) is 11.7 Å². The number of halogens is 1. The maximum atomic E-state index is 13.2. The van der Waals surface area contributed by atoms with Gasteiger partial charge in [0.25, 0.3) is 5.91 Å². The number of aromatic hydroxyl groups is 1. The van der Waals surface area contributed by atoms with Crippen molar-refractivity contribution in [2.24, 2.45) is 0 Å². The number of carbonyl (C=O) groups is 2. The molecule has 2 heterocycles. The Hall–Kier alpha value is -3.85. The summed E-state index contributed by atoms with van der Waals surface area (Å²) in [5.41, 5.74) is 9.05. The fraction of sp³-hybridized carbons (Fsp3) is 0.154. The average molecular weight is 491 g/mol. The molecule has 9 heteroatoms. The summed E-state index contributed by atoms with van der Waals surface area (Å²) in [7, 11) is 0. The van der Waals surface area contributed by atoms with Crippen LogP contribution in [-0.4, -0.2) is 23.0 Å². The van der Waals surface area contributed by atoms with Gasteiger partial charge in [0.15, 0.2) is 0 Å². The molecule has 0 spiro atoms. The molecule has 1 aromatic heterocycles. The Morgan fingerprint density at radius 2 is 1.80 bits per heavy atom. The van der Waals surface area contributed by atoms with E-state index in [4.69, 9.17) is 16.0 Å². The maximum absolute atomic E-state index is 13.2. The van der Waals surface area contributed by atoms with Crippen LogP contribution in [0.5, 0.6) is 5.75 Å². The number of phenols is 1. The van der Waals surface area contributed by atoms with E-state index < -0.39 is 11.9 Å². The molecule has 0 bridgehead atoms. The summed E-state index contributed by atoms with van der Waals surface area (Å²) in [4.78, 5) is 26.3. The number of benzene rings is 3. The SMILES string of the molecule is Cc1ccc(NC(=O)c2oc3ccccc3c2NC(=O)C2CC(c3cc(Cl)ccc3O)NN2)cc1. The fourth-order valence-electron chi connectivity index (χ4n) is 4.10. The average Bonchev–Trinajstić information content (AvgIpc) is 3.48. The fourth-order valence-corrected chi connectivity index (χ4v) is 4.28. The van der Waals surface area contributed by atoms with Crippen molar-refractivity contribution in [1.29, 1.82) is 0 Å². The quantitative estimate of drug-likeness (QED) is 0.272. The molecule has 4 aromatic rings. The first-order chi connectivity index (χ1) is 16.9. The number of carbonyl (C=O) groups excluding carboxylic acids is 2. The zero-order valence-corrected chi connectivity index (χ0v) is 19.5. The van der Waals surface area contributed by atoms with Crippen molar-refractivity contribution in [1.82, 2.24) is 10.9 Å². The number of phenolic OH excluding ortho intramolecular Hbond substituents is 1. The van der Waals surface area contributed by atoms with Crippen LogP contribution in [0, 0.1) is 6.92 Å². The van der Waals surface area contributed by atoms with Crippen LogP contribution in [0.15, 0.2) is 71.1 Å². The van der Waals surface area contributed by atoms with E-state index in [1.807, 2.05) is 25.1 Å². The van der Waals surface area contributed by atoms with Crippen molar-refractivity contribution in [2.75, 3.05) is 10.6 Å². The highest BCUT2D eigenvalue weighted by molar-refractivity contribution is 6.30. The molecule has 2 unspecified atom stereocenters. The third-order valence-electron chi connectivity index (χ3n) is 5.94. The molecule has 178 valence electrons. The molecule has 2 atom stereocenters. The van der Waals surface area contributed by atoms with E-state index in [9.17, 15) is 14.7 Å². The minimum atomic E-state index is -0.625. The summed E-state index contributed by atoms with van der Waals surface area (Å²) in [5.74, 6) is -0.724. The molecule has 1 fully saturated rings. The van der Waals surface area contributed by atoms with Crippen LogP contribution in [0.4, 0.5) is 11.4 Å². The van der Waals surface area contributed by atoms with E-state index >= 15 is 0 Å². The molecule has 0 radical (unpaired) electrons. The number of amides is 2. The summed E-state index contributed by atoms with van der Waals surface area (Å²) in [5, 5.41) is 17.0. The Bertz CT molecular complexity index is 1420. The lowest BCUT2D eigenvalue weighted by Gasteiger charge is -2.12. The molecule has 0 saturated carbocycles. The number of para-hydroxylation sites is 1. The second-order valence-electron chi connectivity index (χ2n) is 8.44. The largest absolute Gasteiger partial charge is 0.508 e. The lowest BCUT2D eigenvalue weighted by atomic mass is 10.0. The molecule has 1 saturated heterocycles. The number of hydrogen-bond acceptors (Lipinski definition) is 6. The lowest BCUT2D eigenvalue weighted by Crippen LogP contribution is -2.39. The number of hydrazine groups is 1. The Kier molecular flexibility index (Phi) is 6.17. The normalized spacial score (nSPS) is 17.4. The van der Waals surface area contributed by atoms with Crippen LogP contribution in [0.25, 0.3) is 11.0 Å². The topological polar surface area (TPSA) is 116 Å². The van der Waals surface area contributed by atoms with E-state index in [2.05, 4.69) is 21.5 Å². The van der Waals surface area contributed by atoms with Gasteiger partial charge < -0.3 is 20.2 Å². The zero-order chi connectivity index (χ0) is 24.5. The first-order valence-corrected chi connectivity index (χ1v) is 11.5. The Labute approximate surface area is 206 Å². The monoisotopic (exact) mass is 490 g/mol. The first-order valence-electron chi connectivity index (χ1n) is 11.1. The van der Waals surface area contributed by atoms with Crippen molar-refractivity contribution in [3.05, 3.63) is 88.6 Å². The molecule has 3 aromatic carbocycles. The molecule has 5 N–H and O–H groups in total. The van der Waals surface area contributed by atoms with E-state index in [-0.39, 0.29) is 23.5 Å². The molecular weight excluding hydrogens is 468 g/mol. The summed E-state index contributed by atoms with van der Waals surface area (Å²) in [6, 6.07) is 18.3. The van der Waals surface area contributed by atoms with Crippen LogP contribution in [-0.2, 0) is 4.79 Å². The van der Waals surface area contributed by atoms with Crippen LogP contribution in [0.3, 0.4) is 0 Å². The van der Waals surface area contributed by atoms with E-state index in [0.29, 0.717) is 39.4 Å². The number of furan rings is 1. The van der Waals surface area contributed by atoms with Gasteiger partial charge in [-0.05, 0) is 55.8 Å². The van der Waals surface area contributed by atoms with Gasteiger partial charge in [-0.15, -0.1) is 0 Å². The maximum Gasteiger partial charge on any atom is 0.293 e. The molecule has 1 aliphatic heterocycles. The lowest BCUT2D eigenvalue weighted by molar-refractivity contribution is -0.117. The standard InChI is InChI=1S/C26H23ClN4O4/c1-14-6-9-16(10-7-14)28-26(34)24-23(17-4-2-3-5-22(17)35-24)29-25(33)20-13-19(30-31-20)18-12-15(27)8-11-21(18)32/h2-12,19-20,30-32H,13H2,1H3,(H,28,34)(H,29,33). The van der Waals surface area contributed by atoms with Gasteiger partial charge in [0.1, 0.15) is 23.1 Å². The molecule has 2 amide bonds. The number of hydrogen-bond donors (Lipinski definition) is 5. The highest BCUT2D eigenvalue weighted by Gasteiger charge is 2.33. The molecule has 35 heavy (non-hydrogen) atoms. The van der Waals surface area contributed by atoms with Crippen LogP contribution < -0.4 is 21.5 Å². The summed E-state index contributed by atoms with van der Waals surface area (Å²) < 4.78 is 5.83. The highest BCUT2D eigenvalue weighted by Crippen LogP contribution is 2.34. The van der Waals surface area contributed by atoms with Crippen molar-refractivity contribution >= 4 is 45.8 Å². The van der Waals surface area contributed by atoms with Crippen LogP contribution >= 0.6 is 11.6 Å². The molecule has 5 rings (SSSR count). The third-order valence-corrected chi connectivity index (χ3v) is 6.18. The van der Waals surface area contributed by atoms with E-state index in [1.165, 1.54) is 6.07 Å². The number of fused-ring (bicyclic) bond motifs is 1. The molecule has 1 aliphatic rings. The number of rotatable bonds is 5. The number of aryl methyl sites for hydroxylation is 1. The van der Waals surface area contributed by atoms with Crippen molar-refractivity contribution in [2.45, 2.75) is 25.4 Å². The Morgan fingerprint density at radius 1 is 1.03 bits per heavy atom. The van der Waals surface area contributed by atoms with Crippen molar-refractivity contribution in [3.63, 3.8) is 0 Å². The van der Waals surface area contributed by atoms with Crippen LogP contribution in [0.1, 0.15) is 34.1 Å². The van der Waals surface area contributed by atoms with Gasteiger partial charge in [-0.3, -0.25) is 9.59 Å². The second kappa shape index (κ2) is 9.42. The Balaban J connectivity index is 1.37. The number of nitrogens with one attached hydrogen (secondary N) is 4. The minimum Gasteiger partial charge on any atom is -0.508 e. The van der Waals surface area contributed by atoms with Crippen molar-refractivity contribution in [3.8, 4) is 5.75 Å². The smallest absolute Gasteiger partial charge is 0.293 e. The van der Waals surface area contributed by atoms with E-state index in [1.54, 1.807) is 42.5 Å².